The molecule has 0 aliphatic carbocycles. The standard InChI is InChI=1S/C6H13NO.C5H10O2.C4H9NO/c1-5(2)6(8)7(3)4;1-4(2)5(7)3-6;1-3(2)4(5)6/h5H,1-4H3;4,6H,3H2,1-2H3;3H,1-2H3,(H2,5,6). The molecule has 3 N–H and O–H groups in total. The van der Waals surface area contributed by atoms with Crippen LogP contribution >= 0.6 is 0 Å². The van der Waals surface area contributed by atoms with Crippen molar-refractivity contribution in [3.63, 3.8) is 0 Å². The van der Waals surface area contributed by atoms with Crippen molar-refractivity contribution in [3.8, 4) is 0 Å². The number of carbonyl (C=O) groups excluding carboxylic acids is 3. The molecule has 2 amide bonds. The number of amides is 2. The Bertz CT molecular complexity index is 301. The summed E-state index contributed by atoms with van der Waals surface area (Å²) in [5.74, 6) is -0.0556. The number of rotatable bonds is 4. The molecule has 6 heteroatoms. The van der Waals surface area contributed by atoms with Crippen LogP contribution in [0.15, 0.2) is 0 Å². The van der Waals surface area contributed by atoms with Gasteiger partial charge in [0.2, 0.25) is 11.8 Å². The Morgan fingerprint density at radius 3 is 1.24 bits per heavy atom. The second kappa shape index (κ2) is 13.5. The lowest BCUT2D eigenvalue weighted by Crippen LogP contribution is -2.26. The average molecular weight is 304 g/mol. The molecule has 0 aliphatic rings. The Morgan fingerprint density at radius 2 is 1.24 bits per heavy atom. The number of ketones is 1. The van der Waals surface area contributed by atoms with E-state index in [1.807, 2.05) is 13.8 Å². The number of aliphatic hydroxyl groups excluding tert-OH is 1. The van der Waals surface area contributed by atoms with Crippen molar-refractivity contribution >= 4 is 17.6 Å². The summed E-state index contributed by atoms with van der Waals surface area (Å²) in [6.07, 6.45) is 0. The topological polar surface area (TPSA) is 101 Å². The fourth-order valence-electron chi connectivity index (χ4n) is 0.699. The van der Waals surface area contributed by atoms with E-state index in [9.17, 15) is 14.4 Å². The van der Waals surface area contributed by atoms with Gasteiger partial charge in [-0.3, -0.25) is 14.4 Å². The number of nitrogens with zero attached hydrogens (tertiary/aromatic N) is 1. The van der Waals surface area contributed by atoms with Gasteiger partial charge in [-0.2, -0.15) is 0 Å². The van der Waals surface area contributed by atoms with E-state index >= 15 is 0 Å². The third-order valence-electron chi connectivity index (χ3n) is 2.30. The highest BCUT2D eigenvalue weighted by Gasteiger charge is 2.06. The van der Waals surface area contributed by atoms with E-state index in [-0.39, 0.29) is 42.0 Å². The maximum Gasteiger partial charge on any atom is 0.224 e. The molecule has 0 bridgehead atoms. The number of Topliss-reactive ketones (excluding diaryl/α,β-unsaturated/α-hetero) is 1. The summed E-state index contributed by atoms with van der Waals surface area (Å²) in [5, 5.41) is 8.16. The van der Waals surface area contributed by atoms with Crippen LogP contribution in [0.4, 0.5) is 0 Å². The Balaban J connectivity index is -0.000000234. The molecule has 21 heavy (non-hydrogen) atoms. The highest BCUT2D eigenvalue weighted by atomic mass is 16.3. The summed E-state index contributed by atoms with van der Waals surface area (Å²) in [4.78, 5) is 32.6. The largest absolute Gasteiger partial charge is 0.389 e. The summed E-state index contributed by atoms with van der Waals surface area (Å²) in [5.41, 5.74) is 4.80. The zero-order valence-corrected chi connectivity index (χ0v) is 14.6. The van der Waals surface area contributed by atoms with Gasteiger partial charge in [-0.15, -0.1) is 0 Å². The minimum Gasteiger partial charge on any atom is -0.389 e. The molecule has 0 aromatic heterocycles. The number of nitrogens with two attached hydrogens (primary N) is 1. The molecule has 0 aromatic carbocycles. The highest BCUT2D eigenvalue weighted by Crippen LogP contribution is 1.94. The van der Waals surface area contributed by atoms with Gasteiger partial charge in [-0.05, 0) is 0 Å². The zero-order valence-electron chi connectivity index (χ0n) is 14.6. The second-order valence-electron chi connectivity index (χ2n) is 5.72. The molecule has 0 radical (unpaired) electrons. The van der Waals surface area contributed by atoms with Crippen LogP contribution in [-0.4, -0.2) is 48.3 Å². The summed E-state index contributed by atoms with van der Waals surface area (Å²) in [6, 6.07) is 0. The predicted molar refractivity (Wildman–Crippen MR) is 84.5 cm³/mol. The van der Waals surface area contributed by atoms with Crippen LogP contribution in [0.1, 0.15) is 41.5 Å². The normalized spacial score (nSPS) is 9.52. The van der Waals surface area contributed by atoms with Crippen molar-refractivity contribution in [2.45, 2.75) is 41.5 Å². The molecular weight excluding hydrogens is 272 g/mol. The van der Waals surface area contributed by atoms with Crippen LogP contribution in [0.3, 0.4) is 0 Å². The molecule has 0 saturated heterocycles. The summed E-state index contributed by atoms with van der Waals surface area (Å²) >= 11 is 0. The fourth-order valence-corrected chi connectivity index (χ4v) is 0.699. The van der Waals surface area contributed by atoms with Gasteiger partial charge in [-0.1, -0.05) is 41.5 Å². The molecular formula is C15H32N2O4. The molecule has 0 rings (SSSR count). The van der Waals surface area contributed by atoms with Gasteiger partial charge in [0, 0.05) is 31.8 Å². The van der Waals surface area contributed by atoms with E-state index in [2.05, 4.69) is 0 Å². The van der Waals surface area contributed by atoms with Crippen molar-refractivity contribution in [1.29, 1.82) is 0 Å². The van der Waals surface area contributed by atoms with Crippen LogP contribution in [-0.2, 0) is 14.4 Å². The molecule has 0 atom stereocenters. The minimum atomic E-state index is -0.322. The van der Waals surface area contributed by atoms with E-state index in [1.54, 1.807) is 46.7 Å². The van der Waals surface area contributed by atoms with Crippen LogP contribution in [0.25, 0.3) is 0 Å². The summed E-state index contributed by atoms with van der Waals surface area (Å²) in [7, 11) is 3.53. The number of hydrogen-bond donors (Lipinski definition) is 2. The van der Waals surface area contributed by atoms with Crippen LogP contribution < -0.4 is 5.73 Å². The lowest BCUT2D eigenvalue weighted by atomic mass is 10.1. The number of aliphatic hydroxyl groups is 1. The van der Waals surface area contributed by atoms with Gasteiger partial charge in [-0.25, -0.2) is 0 Å². The van der Waals surface area contributed by atoms with Gasteiger partial charge in [0.25, 0.3) is 0 Å². The summed E-state index contributed by atoms with van der Waals surface area (Å²) in [6.45, 7) is 10.5. The summed E-state index contributed by atoms with van der Waals surface area (Å²) < 4.78 is 0. The third-order valence-corrected chi connectivity index (χ3v) is 2.30. The zero-order chi connectivity index (χ0) is 17.7. The van der Waals surface area contributed by atoms with E-state index in [0.717, 1.165) is 0 Å². The molecule has 6 nitrogen and oxygen atoms in total. The van der Waals surface area contributed by atoms with Crippen LogP contribution in [0.5, 0.6) is 0 Å². The molecule has 0 saturated carbocycles. The first kappa shape index (κ1) is 24.6. The molecule has 0 unspecified atom stereocenters. The van der Waals surface area contributed by atoms with Crippen molar-refractivity contribution in [2.75, 3.05) is 20.7 Å². The molecule has 0 heterocycles. The highest BCUT2D eigenvalue weighted by molar-refractivity contribution is 5.81. The van der Waals surface area contributed by atoms with Crippen molar-refractivity contribution in [2.24, 2.45) is 23.5 Å². The van der Waals surface area contributed by atoms with Gasteiger partial charge in [0.15, 0.2) is 5.78 Å². The lowest BCUT2D eigenvalue weighted by Gasteiger charge is -2.11. The van der Waals surface area contributed by atoms with Crippen molar-refractivity contribution < 1.29 is 19.5 Å². The maximum atomic E-state index is 10.8. The predicted octanol–water partition coefficient (Wildman–Crippen LogP) is 1.06. The number of carbonyl (C=O) groups is 3. The molecule has 0 aromatic rings. The van der Waals surface area contributed by atoms with Gasteiger partial charge in [0.1, 0.15) is 6.61 Å². The first-order valence-corrected chi connectivity index (χ1v) is 7.02. The van der Waals surface area contributed by atoms with Crippen molar-refractivity contribution in [1.82, 2.24) is 4.90 Å². The fraction of sp³-hybridized carbons (Fsp3) is 0.800. The Morgan fingerprint density at radius 1 is 0.905 bits per heavy atom. The van der Waals surface area contributed by atoms with E-state index < -0.39 is 0 Å². The van der Waals surface area contributed by atoms with E-state index in [0.29, 0.717) is 0 Å². The Hall–Kier alpha value is -1.43. The molecule has 0 aliphatic heterocycles. The third kappa shape index (κ3) is 18.6. The van der Waals surface area contributed by atoms with E-state index in [4.69, 9.17) is 10.8 Å². The average Bonchev–Trinajstić information content (AvgIpc) is 2.37. The Kier molecular flexibility index (Phi) is 15.9. The Labute approximate surface area is 128 Å². The number of hydrogen-bond acceptors (Lipinski definition) is 4. The van der Waals surface area contributed by atoms with Crippen LogP contribution in [0, 0.1) is 17.8 Å². The van der Waals surface area contributed by atoms with E-state index in [1.165, 1.54) is 0 Å². The number of primary amides is 1. The van der Waals surface area contributed by atoms with Crippen molar-refractivity contribution in [3.05, 3.63) is 0 Å². The molecule has 126 valence electrons. The SMILES string of the molecule is CC(C)C(=O)CO.CC(C)C(=O)N(C)C.CC(C)C(N)=O. The lowest BCUT2D eigenvalue weighted by molar-refractivity contribution is -0.131. The quantitative estimate of drug-likeness (QED) is 0.811. The maximum absolute atomic E-state index is 10.8. The first-order valence-electron chi connectivity index (χ1n) is 7.02. The molecule has 0 fully saturated rings. The van der Waals surface area contributed by atoms with Crippen LogP contribution in [0.2, 0.25) is 0 Å². The monoisotopic (exact) mass is 304 g/mol. The first-order chi connectivity index (χ1) is 9.38. The van der Waals surface area contributed by atoms with Gasteiger partial charge < -0.3 is 15.7 Å². The second-order valence-corrected chi connectivity index (χ2v) is 5.72. The smallest absolute Gasteiger partial charge is 0.224 e. The minimum absolute atomic E-state index is 0.00926. The van der Waals surface area contributed by atoms with Gasteiger partial charge in [0.05, 0.1) is 0 Å². The molecule has 0 spiro atoms. The van der Waals surface area contributed by atoms with Gasteiger partial charge >= 0.3 is 0 Å².